The summed E-state index contributed by atoms with van der Waals surface area (Å²) in [6.45, 7) is 5.89. The molecule has 0 bridgehead atoms. The molecule has 1 N–H and O–H groups in total. The van der Waals surface area contributed by atoms with Gasteiger partial charge in [0, 0.05) is 6.04 Å². The van der Waals surface area contributed by atoms with Gasteiger partial charge in [-0.05, 0) is 63.1 Å². The second-order valence-corrected chi connectivity index (χ2v) is 5.68. The molecule has 0 radical (unpaired) electrons. The zero-order valence-corrected chi connectivity index (χ0v) is 12.7. The van der Waals surface area contributed by atoms with E-state index in [0.29, 0.717) is 0 Å². The molecule has 3 heteroatoms. The van der Waals surface area contributed by atoms with Crippen molar-refractivity contribution in [3.63, 3.8) is 0 Å². The average Bonchev–Trinajstić information content (AvgIpc) is 2.47. The molecule has 1 amide bonds. The highest BCUT2D eigenvalue weighted by Gasteiger charge is 2.19. The predicted octanol–water partition coefficient (Wildman–Crippen LogP) is 3.25. The molecule has 2 atom stereocenters. The Hall–Kier alpha value is -1.51. The molecule has 0 unspecified atom stereocenters. The van der Waals surface area contributed by atoms with Gasteiger partial charge in [0.15, 0.2) is 6.10 Å². The van der Waals surface area contributed by atoms with Crippen molar-refractivity contribution in [3.8, 4) is 5.75 Å². The van der Waals surface area contributed by atoms with Crippen LogP contribution in [0.1, 0.15) is 51.2 Å². The maximum Gasteiger partial charge on any atom is 0.260 e. The van der Waals surface area contributed by atoms with Gasteiger partial charge in [0.05, 0.1) is 0 Å². The molecule has 0 aromatic heterocycles. The summed E-state index contributed by atoms with van der Waals surface area (Å²) in [6.07, 6.45) is 5.13. The number of rotatable bonds is 5. The Morgan fingerprint density at radius 3 is 2.80 bits per heavy atom. The van der Waals surface area contributed by atoms with E-state index in [1.165, 1.54) is 24.0 Å². The highest BCUT2D eigenvalue weighted by atomic mass is 16.5. The minimum absolute atomic E-state index is 0.0345. The Labute approximate surface area is 121 Å². The van der Waals surface area contributed by atoms with Gasteiger partial charge in [0.2, 0.25) is 0 Å². The maximum atomic E-state index is 12.0. The number of benzene rings is 1. The number of nitrogens with one attached hydrogen (secondary N) is 1. The lowest BCUT2D eigenvalue weighted by atomic mass is 9.91. The van der Waals surface area contributed by atoms with Gasteiger partial charge >= 0.3 is 0 Å². The van der Waals surface area contributed by atoms with Crippen LogP contribution < -0.4 is 10.1 Å². The number of fused-ring (bicyclic) bond motifs is 1. The number of carbonyl (C=O) groups is 1. The Morgan fingerprint density at radius 2 is 2.05 bits per heavy atom. The minimum atomic E-state index is -0.447. The molecule has 0 aliphatic heterocycles. The SMILES string of the molecule is CC[C@@H](C)NC(=O)[C@@H](C)Oc1cccc2c1CCCC2. The summed E-state index contributed by atoms with van der Waals surface area (Å²) in [5.74, 6) is 0.849. The number of hydrogen-bond acceptors (Lipinski definition) is 2. The van der Waals surface area contributed by atoms with Gasteiger partial charge in [0.25, 0.3) is 5.91 Å². The standard InChI is InChI=1S/C17H25NO2/c1-4-12(2)18-17(19)13(3)20-16-11-7-9-14-8-5-6-10-15(14)16/h7,9,11-13H,4-6,8,10H2,1-3H3,(H,18,19)/t12-,13-/m1/s1. The molecular weight excluding hydrogens is 250 g/mol. The number of amides is 1. The number of hydrogen-bond donors (Lipinski definition) is 1. The van der Waals surface area contributed by atoms with Gasteiger partial charge in [-0.3, -0.25) is 4.79 Å². The zero-order chi connectivity index (χ0) is 14.5. The van der Waals surface area contributed by atoms with Crippen LogP contribution in [0.25, 0.3) is 0 Å². The summed E-state index contributed by atoms with van der Waals surface area (Å²) in [6, 6.07) is 6.37. The molecule has 0 saturated carbocycles. The highest BCUT2D eigenvalue weighted by molar-refractivity contribution is 5.81. The lowest BCUT2D eigenvalue weighted by molar-refractivity contribution is -0.127. The molecule has 0 spiro atoms. The first kappa shape index (κ1) is 14.9. The van der Waals surface area contributed by atoms with Crippen LogP contribution in [0, 0.1) is 0 Å². The van der Waals surface area contributed by atoms with Gasteiger partial charge in [0.1, 0.15) is 5.75 Å². The molecule has 0 saturated heterocycles. The van der Waals surface area contributed by atoms with Crippen LogP contribution >= 0.6 is 0 Å². The van der Waals surface area contributed by atoms with Crippen molar-refractivity contribution in [2.45, 2.75) is 65.0 Å². The molecular formula is C17H25NO2. The van der Waals surface area contributed by atoms with Crippen LogP contribution in [0.3, 0.4) is 0 Å². The molecule has 110 valence electrons. The Morgan fingerprint density at radius 1 is 1.30 bits per heavy atom. The maximum absolute atomic E-state index is 12.0. The number of aryl methyl sites for hydroxylation is 1. The summed E-state index contributed by atoms with van der Waals surface area (Å²) in [7, 11) is 0. The summed E-state index contributed by atoms with van der Waals surface area (Å²) in [4.78, 5) is 12.0. The van der Waals surface area contributed by atoms with E-state index in [-0.39, 0.29) is 11.9 Å². The summed E-state index contributed by atoms with van der Waals surface area (Å²) in [5, 5.41) is 2.97. The summed E-state index contributed by atoms with van der Waals surface area (Å²) in [5.41, 5.74) is 2.67. The Bertz CT molecular complexity index is 470. The smallest absolute Gasteiger partial charge is 0.260 e. The third-order valence-corrected chi connectivity index (χ3v) is 4.03. The largest absolute Gasteiger partial charge is 0.481 e. The van der Waals surface area contributed by atoms with Crippen LogP contribution in [0.5, 0.6) is 5.75 Å². The van der Waals surface area contributed by atoms with Crippen molar-refractivity contribution < 1.29 is 9.53 Å². The van der Waals surface area contributed by atoms with E-state index in [4.69, 9.17) is 4.74 Å². The van der Waals surface area contributed by atoms with Crippen LogP contribution in [-0.2, 0) is 17.6 Å². The van der Waals surface area contributed by atoms with Crippen molar-refractivity contribution in [1.82, 2.24) is 5.32 Å². The first-order valence-corrected chi connectivity index (χ1v) is 7.69. The number of carbonyl (C=O) groups excluding carboxylic acids is 1. The first-order chi connectivity index (χ1) is 9.61. The van der Waals surface area contributed by atoms with Crippen LogP contribution in [0.2, 0.25) is 0 Å². The predicted molar refractivity (Wildman–Crippen MR) is 81.1 cm³/mol. The van der Waals surface area contributed by atoms with Gasteiger partial charge in [-0.25, -0.2) is 0 Å². The molecule has 1 aliphatic rings. The fraction of sp³-hybridized carbons (Fsp3) is 0.588. The highest BCUT2D eigenvalue weighted by Crippen LogP contribution is 2.30. The van der Waals surface area contributed by atoms with Gasteiger partial charge in [-0.1, -0.05) is 19.1 Å². The number of ether oxygens (including phenoxy) is 1. The summed E-state index contributed by atoms with van der Waals surface area (Å²) >= 11 is 0. The van der Waals surface area contributed by atoms with Crippen molar-refractivity contribution >= 4 is 5.91 Å². The van der Waals surface area contributed by atoms with Crippen LogP contribution in [-0.4, -0.2) is 18.1 Å². The molecule has 1 aromatic rings. The Kier molecular flexibility index (Phi) is 5.05. The first-order valence-electron chi connectivity index (χ1n) is 7.69. The van der Waals surface area contributed by atoms with Crippen LogP contribution in [0.15, 0.2) is 18.2 Å². The van der Waals surface area contributed by atoms with Crippen molar-refractivity contribution in [1.29, 1.82) is 0 Å². The topological polar surface area (TPSA) is 38.3 Å². The molecule has 1 aromatic carbocycles. The van der Waals surface area contributed by atoms with E-state index < -0.39 is 6.10 Å². The van der Waals surface area contributed by atoms with Gasteiger partial charge in [-0.15, -0.1) is 0 Å². The van der Waals surface area contributed by atoms with E-state index in [2.05, 4.69) is 18.3 Å². The quantitative estimate of drug-likeness (QED) is 0.896. The van der Waals surface area contributed by atoms with E-state index in [0.717, 1.165) is 25.0 Å². The zero-order valence-electron chi connectivity index (χ0n) is 12.7. The van der Waals surface area contributed by atoms with Crippen molar-refractivity contribution in [2.75, 3.05) is 0 Å². The van der Waals surface area contributed by atoms with Crippen molar-refractivity contribution in [3.05, 3.63) is 29.3 Å². The second-order valence-electron chi connectivity index (χ2n) is 5.68. The molecule has 3 nitrogen and oxygen atoms in total. The van der Waals surface area contributed by atoms with E-state index in [9.17, 15) is 4.79 Å². The third kappa shape index (κ3) is 3.53. The average molecular weight is 275 g/mol. The lowest BCUT2D eigenvalue weighted by Gasteiger charge is -2.22. The Balaban J connectivity index is 2.04. The van der Waals surface area contributed by atoms with E-state index in [1.807, 2.05) is 26.0 Å². The van der Waals surface area contributed by atoms with Gasteiger partial charge < -0.3 is 10.1 Å². The molecule has 1 aliphatic carbocycles. The van der Waals surface area contributed by atoms with Gasteiger partial charge in [-0.2, -0.15) is 0 Å². The molecule has 2 rings (SSSR count). The molecule has 0 heterocycles. The monoisotopic (exact) mass is 275 g/mol. The normalized spacial score (nSPS) is 16.9. The molecule has 20 heavy (non-hydrogen) atoms. The second kappa shape index (κ2) is 6.78. The van der Waals surface area contributed by atoms with Crippen LogP contribution in [0.4, 0.5) is 0 Å². The van der Waals surface area contributed by atoms with Crippen molar-refractivity contribution in [2.24, 2.45) is 0 Å². The minimum Gasteiger partial charge on any atom is -0.481 e. The fourth-order valence-corrected chi connectivity index (χ4v) is 2.56. The summed E-state index contributed by atoms with van der Waals surface area (Å²) < 4.78 is 5.91. The molecule has 0 fully saturated rings. The van der Waals surface area contributed by atoms with E-state index >= 15 is 0 Å². The van der Waals surface area contributed by atoms with E-state index in [1.54, 1.807) is 0 Å². The fourth-order valence-electron chi connectivity index (χ4n) is 2.56. The lowest BCUT2D eigenvalue weighted by Crippen LogP contribution is -2.41. The third-order valence-electron chi connectivity index (χ3n) is 4.03.